The molecule has 0 aliphatic carbocycles. The number of anilines is 1. The molecular formula is C26H36F2N4O4. The molecule has 3 saturated heterocycles. The van der Waals surface area contributed by atoms with Gasteiger partial charge in [-0.25, -0.2) is 8.78 Å². The standard InChI is InChI=1S/C26H36F2N4O4/c1-26(2,3)13-19(25(35)32-14-18(23(27)28)22-21(32)20(33)15-36-22)29-24(34)16-5-7-17(8-6-16)31-11-9-30(4)10-12-31/h5-8,18-19,21-23H,9-15H2,1-4H3,(H,29,34)/t18-,19?,21+,22+/m0/s1. The lowest BCUT2D eigenvalue weighted by Gasteiger charge is -2.34. The van der Waals surface area contributed by atoms with Crippen molar-refractivity contribution >= 4 is 23.3 Å². The number of carbonyl (C=O) groups is 3. The van der Waals surface area contributed by atoms with Crippen LogP contribution < -0.4 is 10.2 Å². The number of likely N-dealkylation sites (N-methyl/N-ethyl adjacent to an activating group) is 1. The molecule has 4 atom stereocenters. The Labute approximate surface area is 210 Å². The molecule has 1 N–H and O–H groups in total. The summed E-state index contributed by atoms with van der Waals surface area (Å²) in [4.78, 5) is 44.9. The lowest BCUT2D eigenvalue weighted by Crippen LogP contribution is -2.53. The van der Waals surface area contributed by atoms with E-state index in [4.69, 9.17) is 4.74 Å². The van der Waals surface area contributed by atoms with E-state index in [1.807, 2.05) is 32.9 Å². The number of likely N-dealkylation sites (tertiary alicyclic amines) is 1. The maximum absolute atomic E-state index is 13.6. The summed E-state index contributed by atoms with van der Waals surface area (Å²) in [6.45, 7) is 9.00. The molecule has 10 heteroatoms. The second-order valence-corrected chi connectivity index (χ2v) is 11.3. The van der Waals surface area contributed by atoms with Crippen molar-refractivity contribution in [2.45, 2.75) is 51.8 Å². The number of carbonyl (C=O) groups excluding carboxylic acids is 3. The Morgan fingerprint density at radius 1 is 1.11 bits per heavy atom. The molecule has 36 heavy (non-hydrogen) atoms. The monoisotopic (exact) mass is 506 g/mol. The number of alkyl halides is 2. The zero-order valence-electron chi connectivity index (χ0n) is 21.4. The van der Waals surface area contributed by atoms with Crippen LogP contribution in [-0.4, -0.2) is 98.4 Å². The number of nitrogens with zero attached hydrogens (tertiary/aromatic N) is 3. The van der Waals surface area contributed by atoms with Crippen molar-refractivity contribution in [1.29, 1.82) is 0 Å². The fourth-order valence-electron chi connectivity index (χ4n) is 5.28. The first-order valence-electron chi connectivity index (χ1n) is 12.5. The minimum absolute atomic E-state index is 0.270. The van der Waals surface area contributed by atoms with E-state index < -0.39 is 42.3 Å². The van der Waals surface area contributed by atoms with Crippen molar-refractivity contribution in [2.75, 3.05) is 51.3 Å². The molecule has 3 heterocycles. The molecule has 4 rings (SSSR count). The second kappa shape index (κ2) is 10.4. The summed E-state index contributed by atoms with van der Waals surface area (Å²) in [5, 5.41) is 2.82. The molecule has 0 radical (unpaired) electrons. The van der Waals surface area contributed by atoms with E-state index in [0.29, 0.717) is 12.0 Å². The smallest absolute Gasteiger partial charge is 0.251 e. The lowest BCUT2D eigenvalue weighted by atomic mass is 9.87. The molecule has 0 bridgehead atoms. The van der Waals surface area contributed by atoms with Crippen LogP contribution in [-0.2, 0) is 14.3 Å². The van der Waals surface area contributed by atoms with Crippen molar-refractivity contribution in [3.05, 3.63) is 29.8 Å². The molecule has 2 amide bonds. The van der Waals surface area contributed by atoms with Gasteiger partial charge in [0.25, 0.3) is 5.91 Å². The number of piperazine rings is 1. The number of hydrogen-bond donors (Lipinski definition) is 1. The van der Waals surface area contributed by atoms with Crippen LogP contribution in [0.3, 0.4) is 0 Å². The van der Waals surface area contributed by atoms with E-state index in [1.54, 1.807) is 12.1 Å². The molecule has 3 aliphatic rings. The van der Waals surface area contributed by atoms with Crippen LogP contribution in [0.4, 0.5) is 14.5 Å². The first-order chi connectivity index (χ1) is 16.9. The van der Waals surface area contributed by atoms with Gasteiger partial charge in [0.15, 0.2) is 5.78 Å². The Morgan fingerprint density at radius 3 is 2.33 bits per heavy atom. The van der Waals surface area contributed by atoms with Gasteiger partial charge in [-0.05, 0) is 43.1 Å². The summed E-state index contributed by atoms with van der Waals surface area (Å²) in [5.41, 5.74) is 1.10. The number of rotatable bonds is 6. The van der Waals surface area contributed by atoms with Gasteiger partial charge < -0.3 is 24.8 Å². The highest BCUT2D eigenvalue weighted by Crippen LogP contribution is 2.36. The van der Waals surface area contributed by atoms with Gasteiger partial charge in [-0.3, -0.25) is 14.4 Å². The largest absolute Gasteiger partial charge is 0.369 e. The number of fused-ring (bicyclic) bond motifs is 1. The number of benzene rings is 1. The van der Waals surface area contributed by atoms with Gasteiger partial charge in [0.2, 0.25) is 12.3 Å². The Morgan fingerprint density at radius 2 is 1.75 bits per heavy atom. The molecular weight excluding hydrogens is 470 g/mol. The number of amides is 2. The Bertz CT molecular complexity index is 973. The van der Waals surface area contributed by atoms with Crippen LogP contribution in [0.25, 0.3) is 0 Å². The van der Waals surface area contributed by atoms with Crippen LogP contribution in [0.15, 0.2) is 24.3 Å². The quantitative estimate of drug-likeness (QED) is 0.636. The molecule has 1 unspecified atom stereocenters. The van der Waals surface area contributed by atoms with Crippen LogP contribution in [0.5, 0.6) is 0 Å². The predicted octanol–water partition coefficient (Wildman–Crippen LogP) is 2.03. The molecule has 1 aromatic rings. The Balaban J connectivity index is 1.49. The SMILES string of the molecule is CN1CCN(c2ccc(C(=O)NC(CC(C)(C)C)C(=O)N3C[C@H](C(F)F)[C@H]4OCC(=O)[C@H]43)cc2)CC1. The van der Waals surface area contributed by atoms with E-state index in [1.165, 1.54) is 4.90 Å². The first-order valence-corrected chi connectivity index (χ1v) is 12.5. The minimum Gasteiger partial charge on any atom is -0.369 e. The maximum atomic E-state index is 13.6. The number of Topliss-reactive ketones (excluding diaryl/α,β-unsaturated/α-hetero) is 1. The maximum Gasteiger partial charge on any atom is 0.251 e. The molecule has 0 aromatic heterocycles. The van der Waals surface area contributed by atoms with E-state index >= 15 is 0 Å². The van der Waals surface area contributed by atoms with Crippen molar-refractivity contribution in [1.82, 2.24) is 15.1 Å². The highest BCUT2D eigenvalue weighted by Gasteiger charge is 2.55. The minimum atomic E-state index is -2.71. The lowest BCUT2D eigenvalue weighted by molar-refractivity contribution is -0.138. The highest BCUT2D eigenvalue weighted by atomic mass is 19.3. The Kier molecular flexibility index (Phi) is 7.66. The average molecular weight is 507 g/mol. The van der Waals surface area contributed by atoms with Crippen LogP contribution in [0.1, 0.15) is 37.6 Å². The second-order valence-electron chi connectivity index (χ2n) is 11.3. The van der Waals surface area contributed by atoms with Crippen molar-refractivity contribution in [3.63, 3.8) is 0 Å². The number of nitrogens with one attached hydrogen (secondary N) is 1. The number of ketones is 1. The van der Waals surface area contributed by atoms with Gasteiger partial charge in [0.05, 0.1) is 12.0 Å². The molecule has 1 aromatic carbocycles. The fraction of sp³-hybridized carbons (Fsp3) is 0.654. The normalized spacial score (nSPS) is 25.9. The number of ether oxygens (including phenoxy) is 1. The first kappa shape index (κ1) is 26.5. The van der Waals surface area contributed by atoms with E-state index in [0.717, 1.165) is 31.9 Å². The van der Waals surface area contributed by atoms with E-state index in [-0.39, 0.29) is 24.3 Å². The van der Waals surface area contributed by atoms with Crippen LogP contribution in [0.2, 0.25) is 0 Å². The van der Waals surface area contributed by atoms with E-state index in [9.17, 15) is 23.2 Å². The number of halogens is 2. The topological polar surface area (TPSA) is 82.2 Å². The van der Waals surface area contributed by atoms with Gasteiger partial charge >= 0.3 is 0 Å². The van der Waals surface area contributed by atoms with Crippen molar-refractivity contribution in [3.8, 4) is 0 Å². The third-order valence-corrected chi connectivity index (χ3v) is 7.25. The third kappa shape index (κ3) is 5.70. The summed E-state index contributed by atoms with van der Waals surface area (Å²) < 4.78 is 32.6. The van der Waals surface area contributed by atoms with Gasteiger partial charge in [-0.1, -0.05) is 20.8 Å². The zero-order chi connectivity index (χ0) is 26.2. The van der Waals surface area contributed by atoms with Crippen molar-refractivity contribution in [2.24, 2.45) is 11.3 Å². The molecule has 8 nitrogen and oxygen atoms in total. The summed E-state index contributed by atoms with van der Waals surface area (Å²) >= 11 is 0. The van der Waals surface area contributed by atoms with Crippen LogP contribution in [0, 0.1) is 11.3 Å². The highest BCUT2D eigenvalue weighted by molar-refractivity contribution is 5.99. The summed E-state index contributed by atoms with van der Waals surface area (Å²) in [6.07, 6.45) is -3.43. The molecule has 0 spiro atoms. The number of hydrogen-bond acceptors (Lipinski definition) is 6. The van der Waals surface area contributed by atoms with Crippen molar-refractivity contribution < 1.29 is 27.9 Å². The molecule has 3 fully saturated rings. The average Bonchev–Trinajstić information content (AvgIpc) is 3.38. The van der Waals surface area contributed by atoms with Gasteiger partial charge in [0, 0.05) is 44.0 Å². The fourth-order valence-corrected chi connectivity index (χ4v) is 5.28. The Hall–Kier alpha value is -2.59. The molecule has 0 saturated carbocycles. The predicted molar refractivity (Wildman–Crippen MR) is 131 cm³/mol. The third-order valence-electron chi connectivity index (χ3n) is 7.25. The van der Waals surface area contributed by atoms with Gasteiger partial charge in [-0.15, -0.1) is 0 Å². The van der Waals surface area contributed by atoms with Crippen LogP contribution >= 0.6 is 0 Å². The summed E-state index contributed by atoms with van der Waals surface area (Å²) in [6, 6.07) is 5.27. The van der Waals surface area contributed by atoms with E-state index in [2.05, 4.69) is 22.2 Å². The van der Waals surface area contributed by atoms with Gasteiger partial charge in [0.1, 0.15) is 18.7 Å². The molecule has 3 aliphatic heterocycles. The zero-order valence-corrected chi connectivity index (χ0v) is 21.4. The summed E-state index contributed by atoms with van der Waals surface area (Å²) in [5.74, 6) is -2.54. The molecule has 198 valence electrons. The summed E-state index contributed by atoms with van der Waals surface area (Å²) in [7, 11) is 2.09. The van der Waals surface area contributed by atoms with Gasteiger partial charge in [-0.2, -0.15) is 0 Å².